The first kappa shape index (κ1) is 14.5. The van der Waals surface area contributed by atoms with Crippen LogP contribution in [-0.2, 0) is 17.7 Å². The van der Waals surface area contributed by atoms with Crippen LogP contribution in [0.5, 0.6) is 0 Å². The first-order valence-corrected chi connectivity index (χ1v) is 9.04. The van der Waals surface area contributed by atoms with Crippen LogP contribution in [0.1, 0.15) is 35.3 Å². The van der Waals surface area contributed by atoms with Gasteiger partial charge in [0.05, 0.1) is 18.8 Å². The van der Waals surface area contributed by atoms with Gasteiger partial charge in [0.25, 0.3) is 5.91 Å². The molecule has 1 aromatic carbocycles. The summed E-state index contributed by atoms with van der Waals surface area (Å²) < 4.78 is 7.93. The Morgan fingerprint density at radius 2 is 2.00 bits per heavy atom. The van der Waals surface area contributed by atoms with Gasteiger partial charge in [0.2, 0.25) is 0 Å². The van der Waals surface area contributed by atoms with Crippen LogP contribution in [0.15, 0.2) is 24.3 Å². The topological polar surface area (TPSA) is 55.3 Å². The van der Waals surface area contributed by atoms with Crippen molar-refractivity contribution >= 4 is 16.8 Å². The molecule has 2 unspecified atom stereocenters. The first-order chi connectivity index (χ1) is 11.8. The van der Waals surface area contributed by atoms with E-state index in [9.17, 15) is 4.79 Å². The minimum atomic E-state index is 0.104. The third-order valence-corrected chi connectivity index (χ3v) is 5.68. The van der Waals surface area contributed by atoms with E-state index in [1.54, 1.807) is 0 Å². The average molecular weight is 325 g/mol. The number of hydrogen-bond donors (Lipinski definition) is 2. The van der Waals surface area contributed by atoms with Gasteiger partial charge in [-0.15, -0.1) is 0 Å². The number of rotatable bonds is 2. The van der Waals surface area contributed by atoms with E-state index in [1.807, 2.05) is 6.07 Å². The minimum absolute atomic E-state index is 0.104. The van der Waals surface area contributed by atoms with Gasteiger partial charge in [-0.1, -0.05) is 18.2 Å². The molecule has 3 aliphatic heterocycles. The van der Waals surface area contributed by atoms with E-state index in [0.717, 1.165) is 56.4 Å². The lowest BCUT2D eigenvalue weighted by molar-refractivity contribution is 0.0148. The molecule has 126 valence electrons. The fraction of sp³-hybridized carbons (Fsp3) is 0.526. The molecule has 2 N–H and O–H groups in total. The van der Waals surface area contributed by atoms with Gasteiger partial charge in [-0.2, -0.15) is 0 Å². The summed E-state index contributed by atoms with van der Waals surface area (Å²) in [5, 5.41) is 8.00. The molecule has 0 aliphatic carbocycles. The number of nitrogens with one attached hydrogen (secondary N) is 2. The van der Waals surface area contributed by atoms with E-state index in [0.29, 0.717) is 12.1 Å². The number of benzene rings is 1. The highest BCUT2D eigenvalue weighted by Gasteiger charge is 2.34. The lowest BCUT2D eigenvalue weighted by Gasteiger charge is -2.40. The Morgan fingerprint density at radius 3 is 2.83 bits per heavy atom. The number of piperidine rings is 1. The maximum absolute atomic E-state index is 13.1. The van der Waals surface area contributed by atoms with Crippen molar-refractivity contribution in [1.29, 1.82) is 0 Å². The SMILES string of the molecule is O=C(NC1CC2COCC(C1)N2)c1c2n(c3ccccc13)CCC2. The van der Waals surface area contributed by atoms with E-state index >= 15 is 0 Å². The van der Waals surface area contributed by atoms with Crippen molar-refractivity contribution in [2.75, 3.05) is 13.2 Å². The molecule has 1 aromatic heterocycles. The number of fused-ring (bicyclic) bond motifs is 5. The number of morpholine rings is 1. The molecule has 5 rings (SSSR count). The standard InChI is InChI=1S/C19H23N3O2/c23-19(21-12-8-13-10-24-11-14(9-12)20-13)18-15-4-1-2-5-16(15)22-7-3-6-17(18)22/h1-2,4-5,12-14,20H,3,6-11H2,(H,21,23). The molecule has 4 heterocycles. The monoisotopic (exact) mass is 325 g/mol. The summed E-state index contributed by atoms with van der Waals surface area (Å²) in [4.78, 5) is 13.1. The Morgan fingerprint density at radius 1 is 1.21 bits per heavy atom. The van der Waals surface area contributed by atoms with Crippen LogP contribution >= 0.6 is 0 Å². The molecule has 5 nitrogen and oxygen atoms in total. The third-order valence-electron chi connectivity index (χ3n) is 5.68. The Balaban J connectivity index is 1.44. The lowest BCUT2D eigenvalue weighted by Crippen LogP contribution is -2.58. The number of aryl methyl sites for hydroxylation is 1. The Kier molecular flexibility index (Phi) is 3.38. The molecular formula is C19H23N3O2. The maximum atomic E-state index is 13.1. The zero-order chi connectivity index (χ0) is 16.1. The van der Waals surface area contributed by atoms with Crippen molar-refractivity contribution in [2.24, 2.45) is 0 Å². The van der Waals surface area contributed by atoms with Crippen molar-refractivity contribution < 1.29 is 9.53 Å². The molecule has 1 amide bonds. The van der Waals surface area contributed by atoms with Crippen LogP contribution in [0.2, 0.25) is 0 Å². The van der Waals surface area contributed by atoms with E-state index in [2.05, 4.69) is 33.4 Å². The van der Waals surface area contributed by atoms with Crippen molar-refractivity contribution in [3.63, 3.8) is 0 Å². The minimum Gasteiger partial charge on any atom is -0.378 e. The second-order valence-electron chi connectivity index (χ2n) is 7.33. The van der Waals surface area contributed by atoms with Gasteiger partial charge in [0.15, 0.2) is 0 Å². The molecule has 0 saturated carbocycles. The normalized spacial score (nSPS) is 28.8. The number of ether oxygens (including phenoxy) is 1. The van der Waals surface area contributed by atoms with Gasteiger partial charge in [-0.3, -0.25) is 4.79 Å². The molecule has 2 atom stereocenters. The fourth-order valence-electron chi connectivity index (χ4n) is 4.74. The summed E-state index contributed by atoms with van der Waals surface area (Å²) >= 11 is 0. The summed E-state index contributed by atoms with van der Waals surface area (Å²) in [5.74, 6) is 0.104. The third kappa shape index (κ3) is 2.26. The molecule has 2 aromatic rings. The Hall–Kier alpha value is -1.85. The molecule has 24 heavy (non-hydrogen) atoms. The molecule has 2 fully saturated rings. The summed E-state index contributed by atoms with van der Waals surface area (Å²) in [6.07, 6.45) is 4.05. The Labute approximate surface area is 141 Å². The van der Waals surface area contributed by atoms with Crippen molar-refractivity contribution in [3.8, 4) is 0 Å². The zero-order valence-corrected chi connectivity index (χ0v) is 13.8. The summed E-state index contributed by atoms with van der Waals surface area (Å²) in [7, 11) is 0. The molecule has 2 saturated heterocycles. The van der Waals surface area contributed by atoms with Gasteiger partial charge < -0.3 is 19.9 Å². The van der Waals surface area contributed by atoms with E-state index < -0.39 is 0 Å². The van der Waals surface area contributed by atoms with Crippen molar-refractivity contribution in [1.82, 2.24) is 15.2 Å². The number of aromatic nitrogens is 1. The van der Waals surface area contributed by atoms with Gasteiger partial charge >= 0.3 is 0 Å². The van der Waals surface area contributed by atoms with E-state index in [4.69, 9.17) is 4.74 Å². The second kappa shape index (κ2) is 5.60. The van der Waals surface area contributed by atoms with Crippen LogP contribution in [0.25, 0.3) is 10.9 Å². The molecule has 0 radical (unpaired) electrons. The number of carbonyl (C=O) groups excluding carboxylic acids is 1. The van der Waals surface area contributed by atoms with Crippen LogP contribution in [0.4, 0.5) is 0 Å². The lowest BCUT2D eigenvalue weighted by atomic mass is 9.92. The van der Waals surface area contributed by atoms with Gasteiger partial charge in [-0.25, -0.2) is 0 Å². The highest BCUT2D eigenvalue weighted by Crippen LogP contribution is 2.31. The maximum Gasteiger partial charge on any atom is 0.253 e. The smallest absolute Gasteiger partial charge is 0.253 e. The first-order valence-electron chi connectivity index (χ1n) is 9.04. The number of amides is 1. The predicted octanol–water partition coefficient (Wildman–Crippen LogP) is 1.84. The fourth-order valence-corrected chi connectivity index (χ4v) is 4.74. The number of hydrogen-bond acceptors (Lipinski definition) is 3. The summed E-state index contributed by atoms with van der Waals surface area (Å²) in [6, 6.07) is 9.30. The molecule has 3 aliphatic rings. The number of nitrogens with zero attached hydrogens (tertiary/aromatic N) is 1. The largest absolute Gasteiger partial charge is 0.378 e. The second-order valence-corrected chi connectivity index (χ2v) is 7.33. The highest BCUT2D eigenvalue weighted by atomic mass is 16.5. The quantitative estimate of drug-likeness (QED) is 0.886. The molecule has 0 spiro atoms. The van der Waals surface area contributed by atoms with E-state index in [1.165, 1.54) is 11.2 Å². The Bertz CT molecular complexity index is 785. The van der Waals surface area contributed by atoms with Crippen molar-refractivity contribution in [2.45, 2.75) is 50.4 Å². The van der Waals surface area contributed by atoms with E-state index in [-0.39, 0.29) is 11.9 Å². The van der Waals surface area contributed by atoms with Gasteiger partial charge in [-0.05, 0) is 31.7 Å². The number of para-hydroxylation sites is 1. The summed E-state index contributed by atoms with van der Waals surface area (Å²) in [6.45, 7) is 2.54. The van der Waals surface area contributed by atoms with Crippen LogP contribution in [0, 0.1) is 0 Å². The molecule has 5 heteroatoms. The van der Waals surface area contributed by atoms with Crippen molar-refractivity contribution in [3.05, 3.63) is 35.5 Å². The van der Waals surface area contributed by atoms with Gasteiger partial charge in [0, 0.05) is 41.3 Å². The average Bonchev–Trinajstić information content (AvgIpc) is 3.14. The number of carbonyl (C=O) groups is 1. The van der Waals surface area contributed by atoms with Crippen LogP contribution < -0.4 is 10.6 Å². The molecular weight excluding hydrogens is 302 g/mol. The molecule has 2 bridgehead atoms. The van der Waals surface area contributed by atoms with Crippen LogP contribution in [-0.4, -0.2) is 41.8 Å². The van der Waals surface area contributed by atoms with Gasteiger partial charge in [0.1, 0.15) is 0 Å². The van der Waals surface area contributed by atoms with Crippen LogP contribution in [0.3, 0.4) is 0 Å². The predicted molar refractivity (Wildman–Crippen MR) is 92.3 cm³/mol. The summed E-state index contributed by atoms with van der Waals surface area (Å²) in [5.41, 5.74) is 3.32. The zero-order valence-electron chi connectivity index (χ0n) is 13.8. The highest BCUT2D eigenvalue weighted by molar-refractivity contribution is 6.08.